The smallest absolute Gasteiger partial charge is 0.360 e. The number of likely N-dealkylation sites (tertiary alicyclic amines) is 1. The number of rotatable bonds is 6. The van der Waals surface area contributed by atoms with Gasteiger partial charge in [-0.2, -0.15) is 0 Å². The lowest BCUT2D eigenvalue weighted by atomic mass is 9.79. The van der Waals surface area contributed by atoms with Gasteiger partial charge in [-0.15, -0.1) is 0 Å². The SMILES string of the molecule is CC(C)C1CCC(N2CCC[C@H]2C[C@H](C)n2c(=O)c(C(=O)O)nc3ccccc32)CC1. The van der Waals surface area contributed by atoms with E-state index in [1.807, 2.05) is 25.1 Å². The van der Waals surface area contributed by atoms with Gasteiger partial charge in [0.2, 0.25) is 5.69 Å². The summed E-state index contributed by atoms with van der Waals surface area (Å²) < 4.78 is 1.66. The van der Waals surface area contributed by atoms with E-state index in [0.29, 0.717) is 23.1 Å². The summed E-state index contributed by atoms with van der Waals surface area (Å²) in [5, 5.41) is 9.50. The van der Waals surface area contributed by atoms with Crippen LogP contribution >= 0.6 is 0 Å². The fourth-order valence-electron chi connectivity index (χ4n) is 5.92. The number of para-hydroxylation sites is 2. The number of benzene rings is 1. The van der Waals surface area contributed by atoms with Gasteiger partial charge in [-0.05, 0) is 82.4 Å². The second-order valence-electron chi connectivity index (χ2n) is 9.86. The van der Waals surface area contributed by atoms with Gasteiger partial charge in [0.1, 0.15) is 0 Å². The molecule has 1 aromatic carbocycles. The maximum absolute atomic E-state index is 13.0. The molecule has 0 spiro atoms. The highest BCUT2D eigenvalue weighted by Gasteiger charge is 2.35. The molecule has 1 aliphatic heterocycles. The Hall–Kier alpha value is -2.21. The first-order valence-corrected chi connectivity index (χ1v) is 11.9. The molecule has 1 N–H and O–H groups in total. The highest BCUT2D eigenvalue weighted by atomic mass is 16.4. The normalized spacial score (nSPS) is 25.9. The summed E-state index contributed by atoms with van der Waals surface area (Å²) in [7, 11) is 0. The maximum Gasteiger partial charge on any atom is 0.360 e. The fourth-order valence-corrected chi connectivity index (χ4v) is 5.92. The molecule has 1 aliphatic carbocycles. The lowest BCUT2D eigenvalue weighted by Crippen LogP contribution is -2.43. The summed E-state index contributed by atoms with van der Waals surface area (Å²) >= 11 is 0. The Morgan fingerprint density at radius 3 is 2.52 bits per heavy atom. The number of fused-ring (bicyclic) bond motifs is 1. The molecule has 2 aromatic rings. The second kappa shape index (κ2) is 9.11. The van der Waals surface area contributed by atoms with E-state index in [2.05, 4.69) is 23.7 Å². The Morgan fingerprint density at radius 1 is 1.13 bits per heavy atom. The molecule has 0 amide bonds. The Bertz CT molecular complexity index is 991. The van der Waals surface area contributed by atoms with Crippen molar-refractivity contribution < 1.29 is 9.90 Å². The molecule has 168 valence electrons. The predicted molar refractivity (Wildman–Crippen MR) is 123 cm³/mol. The van der Waals surface area contributed by atoms with Crippen LogP contribution in [0.4, 0.5) is 0 Å². The molecule has 0 bridgehead atoms. The molecule has 0 unspecified atom stereocenters. The van der Waals surface area contributed by atoms with Crippen LogP contribution in [0.3, 0.4) is 0 Å². The Kier molecular flexibility index (Phi) is 6.47. The maximum atomic E-state index is 13.0. The van der Waals surface area contributed by atoms with Crippen LogP contribution < -0.4 is 5.56 Å². The van der Waals surface area contributed by atoms with Crippen molar-refractivity contribution in [2.45, 2.75) is 83.8 Å². The standard InChI is InChI=1S/C25H35N3O3/c1-16(2)18-10-12-19(13-11-18)27-14-6-7-20(27)15-17(3)28-22-9-5-4-8-21(22)26-23(24(28)29)25(30)31/h4-5,8-9,16-20H,6-7,10-15H2,1-3H3,(H,30,31)/t17-,18?,19?,20-/m0/s1. The number of nitrogens with zero attached hydrogens (tertiary/aromatic N) is 3. The zero-order valence-corrected chi connectivity index (χ0v) is 19.0. The van der Waals surface area contributed by atoms with Gasteiger partial charge in [-0.3, -0.25) is 9.69 Å². The summed E-state index contributed by atoms with van der Waals surface area (Å²) in [5.41, 5.74) is 0.384. The van der Waals surface area contributed by atoms with Crippen molar-refractivity contribution in [2.24, 2.45) is 11.8 Å². The van der Waals surface area contributed by atoms with Crippen LogP contribution in [0.25, 0.3) is 11.0 Å². The summed E-state index contributed by atoms with van der Waals surface area (Å²) in [6, 6.07) is 8.36. The van der Waals surface area contributed by atoms with Crippen molar-refractivity contribution in [1.29, 1.82) is 0 Å². The number of hydrogen-bond acceptors (Lipinski definition) is 4. The largest absolute Gasteiger partial charge is 0.476 e. The minimum Gasteiger partial charge on any atom is -0.476 e. The van der Waals surface area contributed by atoms with Crippen LogP contribution in [0, 0.1) is 11.8 Å². The lowest BCUT2D eigenvalue weighted by Gasteiger charge is -2.39. The van der Waals surface area contributed by atoms with Gasteiger partial charge >= 0.3 is 5.97 Å². The molecule has 2 atom stereocenters. The average molecular weight is 426 g/mol. The molecule has 2 aliphatic rings. The zero-order chi connectivity index (χ0) is 22.1. The molecule has 2 heterocycles. The summed E-state index contributed by atoms with van der Waals surface area (Å²) in [4.78, 5) is 31.5. The summed E-state index contributed by atoms with van der Waals surface area (Å²) in [6.45, 7) is 7.87. The van der Waals surface area contributed by atoms with Crippen LogP contribution in [-0.4, -0.2) is 44.2 Å². The Morgan fingerprint density at radius 2 is 1.84 bits per heavy atom. The predicted octanol–water partition coefficient (Wildman–Crippen LogP) is 4.73. The number of aromatic carboxylic acids is 1. The van der Waals surface area contributed by atoms with Gasteiger partial charge in [0.25, 0.3) is 5.56 Å². The first-order chi connectivity index (χ1) is 14.9. The van der Waals surface area contributed by atoms with E-state index in [9.17, 15) is 14.7 Å². The lowest BCUT2D eigenvalue weighted by molar-refractivity contribution is 0.0687. The monoisotopic (exact) mass is 425 g/mol. The van der Waals surface area contributed by atoms with Crippen LogP contribution in [0.5, 0.6) is 0 Å². The molecule has 4 rings (SSSR count). The van der Waals surface area contributed by atoms with Crippen LogP contribution in [0.15, 0.2) is 29.1 Å². The molecule has 2 fully saturated rings. The van der Waals surface area contributed by atoms with Gasteiger partial charge < -0.3 is 9.67 Å². The average Bonchev–Trinajstić information content (AvgIpc) is 3.21. The van der Waals surface area contributed by atoms with Gasteiger partial charge in [-0.25, -0.2) is 9.78 Å². The molecule has 0 radical (unpaired) electrons. The summed E-state index contributed by atoms with van der Waals surface area (Å²) in [6.07, 6.45) is 8.39. The van der Waals surface area contributed by atoms with E-state index in [1.165, 1.54) is 32.1 Å². The van der Waals surface area contributed by atoms with Crippen molar-refractivity contribution in [1.82, 2.24) is 14.5 Å². The highest BCUT2D eigenvalue weighted by Crippen LogP contribution is 2.36. The highest BCUT2D eigenvalue weighted by molar-refractivity contribution is 5.88. The number of carbonyl (C=O) groups is 1. The van der Waals surface area contributed by atoms with Crippen LogP contribution in [0.2, 0.25) is 0 Å². The molecule has 1 aromatic heterocycles. The van der Waals surface area contributed by atoms with Crippen molar-refractivity contribution in [3.05, 3.63) is 40.3 Å². The van der Waals surface area contributed by atoms with Crippen molar-refractivity contribution >= 4 is 17.0 Å². The van der Waals surface area contributed by atoms with E-state index in [0.717, 1.165) is 31.2 Å². The van der Waals surface area contributed by atoms with Crippen molar-refractivity contribution in [3.63, 3.8) is 0 Å². The van der Waals surface area contributed by atoms with E-state index < -0.39 is 11.5 Å². The third-order valence-electron chi connectivity index (χ3n) is 7.63. The topological polar surface area (TPSA) is 75.4 Å². The number of carboxylic acids is 1. The number of hydrogen-bond donors (Lipinski definition) is 1. The zero-order valence-electron chi connectivity index (χ0n) is 19.0. The van der Waals surface area contributed by atoms with Gasteiger partial charge in [0.15, 0.2) is 0 Å². The fraction of sp³-hybridized carbons (Fsp3) is 0.640. The molecular formula is C25H35N3O3. The van der Waals surface area contributed by atoms with Gasteiger partial charge in [-0.1, -0.05) is 26.0 Å². The van der Waals surface area contributed by atoms with Crippen molar-refractivity contribution in [2.75, 3.05) is 6.54 Å². The molecule has 6 nitrogen and oxygen atoms in total. The van der Waals surface area contributed by atoms with E-state index in [1.54, 1.807) is 10.6 Å². The van der Waals surface area contributed by atoms with Crippen molar-refractivity contribution in [3.8, 4) is 0 Å². The first-order valence-electron chi connectivity index (χ1n) is 11.9. The van der Waals surface area contributed by atoms with Gasteiger partial charge in [0, 0.05) is 18.1 Å². The Labute approximate surface area is 184 Å². The summed E-state index contributed by atoms with van der Waals surface area (Å²) in [5.74, 6) is 0.360. The minimum atomic E-state index is -1.26. The number of aromatic nitrogens is 2. The molecule has 1 saturated heterocycles. The third kappa shape index (κ3) is 4.40. The van der Waals surface area contributed by atoms with Crippen LogP contribution in [0.1, 0.15) is 82.2 Å². The third-order valence-corrected chi connectivity index (χ3v) is 7.63. The molecule has 1 saturated carbocycles. The number of carboxylic acid groups (broad SMARTS) is 1. The Balaban J connectivity index is 1.56. The van der Waals surface area contributed by atoms with Gasteiger partial charge in [0.05, 0.1) is 11.0 Å². The van der Waals surface area contributed by atoms with E-state index in [4.69, 9.17) is 0 Å². The molecule has 31 heavy (non-hydrogen) atoms. The van der Waals surface area contributed by atoms with Crippen LogP contribution in [-0.2, 0) is 0 Å². The van der Waals surface area contributed by atoms with E-state index >= 15 is 0 Å². The molecular weight excluding hydrogens is 390 g/mol. The first kappa shape index (κ1) is 22.0. The minimum absolute atomic E-state index is 0.0869. The second-order valence-corrected chi connectivity index (χ2v) is 9.86. The quantitative estimate of drug-likeness (QED) is 0.724. The molecule has 6 heteroatoms. The van der Waals surface area contributed by atoms with E-state index in [-0.39, 0.29) is 11.7 Å².